The normalized spacial score (nSPS) is 17.6. The predicted octanol–water partition coefficient (Wildman–Crippen LogP) is 2.71. The van der Waals surface area contributed by atoms with Crippen molar-refractivity contribution in [2.24, 2.45) is 12.0 Å². The minimum Gasteiger partial charge on any atom is -0.370 e. The van der Waals surface area contributed by atoms with Crippen LogP contribution in [0.4, 0.5) is 0 Å². The Balaban J connectivity index is 0.00000225. The zero-order valence-electron chi connectivity index (χ0n) is 16.3. The molecule has 0 saturated carbocycles. The third-order valence-corrected chi connectivity index (χ3v) is 5.03. The van der Waals surface area contributed by atoms with Gasteiger partial charge in [0.2, 0.25) is 0 Å². The predicted molar refractivity (Wildman–Crippen MR) is 122 cm³/mol. The molecule has 1 saturated heterocycles. The topological polar surface area (TPSA) is 70.5 Å². The molecule has 2 N–H and O–H groups in total. The number of guanidine groups is 1. The number of hydrogen-bond acceptors (Lipinski definition) is 3. The average Bonchev–Trinajstić information content (AvgIpc) is 3.32. The van der Waals surface area contributed by atoms with Crippen LogP contribution in [-0.4, -0.2) is 58.9 Å². The largest absolute Gasteiger partial charge is 0.370 e. The Kier molecular flexibility index (Phi) is 6.95. The van der Waals surface area contributed by atoms with Gasteiger partial charge in [-0.1, -0.05) is 18.2 Å². The summed E-state index contributed by atoms with van der Waals surface area (Å²) in [5.41, 5.74) is 3.62. The summed E-state index contributed by atoms with van der Waals surface area (Å²) < 4.78 is 7.74. The lowest BCUT2D eigenvalue weighted by atomic mass is 10.1. The van der Waals surface area contributed by atoms with Crippen molar-refractivity contribution in [3.05, 3.63) is 54.0 Å². The molecule has 0 bridgehead atoms. The molecule has 0 aliphatic carbocycles. The van der Waals surface area contributed by atoms with Crippen molar-refractivity contribution in [3.8, 4) is 0 Å². The SMILES string of the molecule is CN=C(NCCc1c[nH]c2ccccc12)N1CCOC(c2cnn(C)c2)C1.I. The van der Waals surface area contributed by atoms with Gasteiger partial charge < -0.3 is 19.9 Å². The van der Waals surface area contributed by atoms with Crippen LogP contribution in [0.5, 0.6) is 0 Å². The second-order valence-electron chi connectivity index (χ2n) is 6.84. The van der Waals surface area contributed by atoms with Gasteiger partial charge in [-0.3, -0.25) is 9.67 Å². The van der Waals surface area contributed by atoms with E-state index in [1.165, 1.54) is 16.5 Å². The smallest absolute Gasteiger partial charge is 0.193 e. The highest BCUT2D eigenvalue weighted by Crippen LogP contribution is 2.22. The van der Waals surface area contributed by atoms with E-state index in [4.69, 9.17) is 4.74 Å². The lowest BCUT2D eigenvalue weighted by molar-refractivity contribution is -0.00800. The summed E-state index contributed by atoms with van der Waals surface area (Å²) in [6, 6.07) is 8.41. The number of aromatic nitrogens is 3. The highest BCUT2D eigenvalue weighted by atomic mass is 127. The second kappa shape index (κ2) is 9.42. The Morgan fingerprint density at radius 1 is 1.39 bits per heavy atom. The van der Waals surface area contributed by atoms with Gasteiger partial charge >= 0.3 is 0 Å². The number of aliphatic imine (C=N–C) groups is 1. The second-order valence-corrected chi connectivity index (χ2v) is 6.84. The van der Waals surface area contributed by atoms with E-state index in [1.807, 2.05) is 31.2 Å². The van der Waals surface area contributed by atoms with Crippen molar-refractivity contribution < 1.29 is 4.74 Å². The minimum absolute atomic E-state index is 0. The molecule has 3 heterocycles. The zero-order chi connectivity index (χ0) is 18.6. The van der Waals surface area contributed by atoms with Crippen LogP contribution in [0.25, 0.3) is 10.9 Å². The quantitative estimate of drug-likeness (QED) is 0.333. The zero-order valence-corrected chi connectivity index (χ0v) is 18.6. The van der Waals surface area contributed by atoms with E-state index in [0.29, 0.717) is 6.61 Å². The lowest BCUT2D eigenvalue weighted by Crippen LogP contribution is -2.48. The van der Waals surface area contributed by atoms with Gasteiger partial charge in [0.05, 0.1) is 19.3 Å². The van der Waals surface area contributed by atoms with Crippen LogP contribution in [-0.2, 0) is 18.2 Å². The number of H-pyrrole nitrogens is 1. The van der Waals surface area contributed by atoms with Crippen molar-refractivity contribution in [2.75, 3.05) is 33.3 Å². The summed E-state index contributed by atoms with van der Waals surface area (Å²) in [5, 5.41) is 9.05. The van der Waals surface area contributed by atoms with Crippen LogP contribution >= 0.6 is 24.0 Å². The van der Waals surface area contributed by atoms with E-state index in [-0.39, 0.29) is 30.1 Å². The van der Waals surface area contributed by atoms with E-state index in [0.717, 1.165) is 37.6 Å². The molecule has 150 valence electrons. The third-order valence-electron chi connectivity index (χ3n) is 5.03. The molecule has 1 atom stereocenters. The van der Waals surface area contributed by atoms with E-state index in [9.17, 15) is 0 Å². The highest BCUT2D eigenvalue weighted by Gasteiger charge is 2.25. The Labute approximate surface area is 182 Å². The third kappa shape index (κ3) is 4.49. The van der Waals surface area contributed by atoms with Crippen LogP contribution < -0.4 is 5.32 Å². The van der Waals surface area contributed by atoms with Crippen LogP contribution in [0, 0.1) is 0 Å². The Bertz CT molecular complexity index is 934. The molecule has 4 rings (SSSR count). The molecule has 1 aliphatic heterocycles. The fourth-order valence-electron chi connectivity index (χ4n) is 3.63. The first-order valence-corrected chi connectivity index (χ1v) is 9.35. The summed E-state index contributed by atoms with van der Waals surface area (Å²) in [7, 11) is 3.76. The fourth-order valence-corrected chi connectivity index (χ4v) is 3.63. The molecule has 1 aliphatic rings. The molecule has 28 heavy (non-hydrogen) atoms. The molecule has 8 heteroatoms. The number of fused-ring (bicyclic) bond motifs is 1. The number of nitrogens with zero attached hydrogens (tertiary/aromatic N) is 4. The van der Waals surface area contributed by atoms with Gasteiger partial charge in [-0.2, -0.15) is 5.10 Å². The molecular formula is C20H27IN6O. The Morgan fingerprint density at radius 3 is 3.04 bits per heavy atom. The fraction of sp³-hybridized carbons (Fsp3) is 0.400. The summed E-state index contributed by atoms with van der Waals surface area (Å²) in [5.74, 6) is 0.923. The van der Waals surface area contributed by atoms with Gasteiger partial charge in [0.25, 0.3) is 0 Å². The van der Waals surface area contributed by atoms with Crippen molar-refractivity contribution in [3.63, 3.8) is 0 Å². The maximum absolute atomic E-state index is 5.93. The van der Waals surface area contributed by atoms with Gasteiger partial charge in [0.1, 0.15) is 6.10 Å². The summed E-state index contributed by atoms with van der Waals surface area (Å²) in [6.45, 7) is 3.13. The molecule has 3 aromatic rings. The van der Waals surface area contributed by atoms with E-state index in [1.54, 1.807) is 0 Å². The van der Waals surface area contributed by atoms with Crippen LogP contribution in [0.1, 0.15) is 17.2 Å². The standard InChI is InChI=1S/C20H26N6O.HI/c1-21-20(22-8-7-15-11-23-18-6-4-3-5-17(15)18)26-9-10-27-19(14-26)16-12-24-25(2)13-16;/h3-6,11-13,19,23H,7-10,14H2,1-2H3,(H,21,22);1H. The number of halogens is 1. The van der Waals surface area contributed by atoms with Gasteiger partial charge in [-0.25, -0.2) is 0 Å². The number of benzene rings is 1. The van der Waals surface area contributed by atoms with Crippen molar-refractivity contribution in [2.45, 2.75) is 12.5 Å². The first-order valence-electron chi connectivity index (χ1n) is 9.35. The molecule has 0 amide bonds. The van der Waals surface area contributed by atoms with E-state index in [2.05, 4.69) is 55.8 Å². The van der Waals surface area contributed by atoms with Gasteiger partial charge in [-0.15, -0.1) is 24.0 Å². The molecule has 1 unspecified atom stereocenters. The number of para-hydroxylation sites is 1. The monoisotopic (exact) mass is 494 g/mol. The van der Waals surface area contributed by atoms with Gasteiger partial charge in [0.15, 0.2) is 5.96 Å². The maximum atomic E-state index is 5.93. The number of morpholine rings is 1. The highest BCUT2D eigenvalue weighted by molar-refractivity contribution is 14.0. The first-order chi connectivity index (χ1) is 13.2. The summed E-state index contributed by atoms with van der Waals surface area (Å²) in [6.07, 6.45) is 6.96. The molecular weight excluding hydrogens is 467 g/mol. The average molecular weight is 494 g/mol. The molecule has 7 nitrogen and oxygen atoms in total. The molecule has 1 aromatic carbocycles. The molecule has 0 radical (unpaired) electrons. The summed E-state index contributed by atoms with van der Waals surface area (Å²) >= 11 is 0. The molecule has 1 fully saturated rings. The van der Waals surface area contributed by atoms with Gasteiger partial charge in [-0.05, 0) is 18.1 Å². The van der Waals surface area contributed by atoms with E-state index < -0.39 is 0 Å². The first kappa shape index (κ1) is 20.7. The lowest BCUT2D eigenvalue weighted by Gasteiger charge is -2.34. The van der Waals surface area contributed by atoms with Crippen molar-refractivity contribution in [1.29, 1.82) is 0 Å². The summed E-state index contributed by atoms with van der Waals surface area (Å²) in [4.78, 5) is 10.1. The molecule has 2 aromatic heterocycles. The van der Waals surface area contributed by atoms with Crippen molar-refractivity contribution in [1.82, 2.24) is 25.0 Å². The number of aryl methyl sites for hydroxylation is 1. The minimum atomic E-state index is 0. The molecule has 0 spiro atoms. The number of nitrogens with one attached hydrogen (secondary N) is 2. The van der Waals surface area contributed by atoms with Crippen LogP contribution in [0.15, 0.2) is 47.8 Å². The Morgan fingerprint density at radius 2 is 2.25 bits per heavy atom. The van der Waals surface area contributed by atoms with Crippen LogP contribution in [0.2, 0.25) is 0 Å². The number of hydrogen-bond donors (Lipinski definition) is 2. The number of rotatable bonds is 4. The van der Waals surface area contributed by atoms with Gasteiger partial charge in [0, 0.05) is 56.0 Å². The Hall–Kier alpha value is -2.07. The van der Waals surface area contributed by atoms with E-state index >= 15 is 0 Å². The maximum Gasteiger partial charge on any atom is 0.193 e. The number of aromatic amines is 1. The van der Waals surface area contributed by atoms with Crippen molar-refractivity contribution >= 4 is 40.8 Å². The number of ether oxygens (including phenoxy) is 1. The van der Waals surface area contributed by atoms with Crippen LogP contribution in [0.3, 0.4) is 0 Å².